The van der Waals surface area contributed by atoms with E-state index >= 15 is 0 Å². The van der Waals surface area contributed by atoms with E-state index in [9.17, 15) is 0 Å². The molecule has 1 heterocycles. The zero-order valence-electron chi connectivity index (χ0n) is 12.6. The molecule has 1 aromatic heterocycles. The maximum absolute atomic E-state index is 6.00. The Kier molecular flexibility index (Phi) is 5.88. The number of hydrogen-bond donors (Lipinski definition) is 1. The van der Waals surface area contributed by atoms with Gasteiger partial charge in [-0.2, -0.15) is 0 Å². The largest absolute Gasteiger partial charge is 0.370 e. The van der Waals surface area contributed by atoms with Crippen molar-refractivity contribution in [2.75, 3.05) is 11.9 Å². The first-order valence-corrected chi connectivity index (χ1v) is 8.43. The summed E-state index contributed by atoms with van der Waals surface area (Å²) in [4.78, 5) is 10.3. The molecule has 112 valence electrons. The number of rotatable bonds is 6. The third-order valence-corrected chi connectivity index (χ3v) is 4.37. The van der Waals surface area contributed by atoms with Gasteiger partial charge in [0.2, 0.25) is 0 Å². The smallest absolute Gasteiger partial charge is 0.141 e. The van der Waals surface area contributed by atoms with Crippen LogP contribution in [0.5, 0.6) is 0 Å². The fourth-order valence-corrected chi connectivity index (χ4v) is 2.94. The van der Waals surface area contributed by atoms with Crippen LogP contribution in [0.2, 0.25) is 5.02 Å². The van der Waals surface area contributed by atoms with Crippen molar-refractivity contribution in [3.05, 3.63) is 46.4 Å². The van der Waals surface area contributed by atoms with Gasteiger partial charge in [0.25, 0.3) is 0 Å². The van der Waals surface area contributed by atoms with E-state index in [1.54, 1.807) is 11.8 Å². The molecule has 2 rings (SSSR count). The van der Waals surface area contributed by atoms with Gasteiger partial charge in [-0.05, 0) is 38.5 Å². The summed E-state index contributed by atoms with van der Waals surface area (Å²) >= 11 is 7.70. The van der Waals surface area contributed by atoms with Crippen molar-refractivity contribution in [2.45, 2.75) is 37.8 Å². The van der Waals surface area contributed by atoms with Gasteiger partial charge in [0.15, 0.2) is 0 Å². The number of aromatic nitrogens is 2. The second-order valence-electron chi connectivity index (χ2n) is 4.87. The molecule has 0 saturated carbocycles. The SMILES string of the molecule is CCCNc1nc(CSc2cccc(Cl)c2)nc(C)c1C. The minimum Gasteiger partial charge on any atom is -0.370 e. The highest BCUT2D eigenvalue weighted by atomic mass is 35.5. The summed E-state index contributed by atoms with van der Waals surface area (Å²) in [7, 11) is 0. The predicted molar refractivity (Wildman–Crippen MR) is 91.3 cm³/mol. The molecular weight excluding hydrogens is 302 g/mol. The summed E-state index contributed by atoms with van der Waals surface area (Å²) in [6.45, 7) is 7.16. The Morgan fingerprint density at radius 3 is 2.76 bits per heavy atom. The highest BCUT2D eigenvalue weighted by Crippen LogP contribution is 2.25. The normalized spacial score (nSPS) is 10.7. The molecule has 0 fully saturated rings. The lowest BCUT2D eigenvalue weighted by molar-refractivity contribution is 0.928. The molecule has 0 aliphatic heterocycles. The van der Waals surface area contributed by atoms with E-state index in [4.69, 9.17) is 11.6 Å². The maximum atomic E-state index is 6.00. The molecule has 0 radical (unpaired) electrons. The number of thioether (sulfide) groups is 1. The van der Waals surface area contributed by atoms with Gasteiger partial charge in [0.05, 0.1) is 5.75 Å². The van der Waals surface area contributed by atoms with Gasteiger partial charge in [-0.25, -0.2) is 9.97 Å². The molecule has 21 heavy (non-hydrogen) atoms. The van der Waals surface area contributed by atoms with Crippen molar-refractivity contribution in [2.24, 2.45) is 0 Å². The molecule has 1 aromatic carbocycles. The Labute approximate surface area is 135 Å². The second kappa shape index (κ2) is 7.66. The van der Waals surface area contributed by atoms with E-state index in [0.29, 0.717) is 0 Å². The highest BCUT2D eigenvalue weighted by molar-refractivity contribution is 7.98. The third-order valence-electron chi connectivity index (χ3n) is 3.14. The van der Waals surface area contributed by atoms with Crippen molar-refractivity contribution >= 4 is 29.2 Å². The van der Waals surface area contributed by atoms with Crippen LogP contribution >= 0.6 is 23.4 Å². The molecular formula is C16H20ClN3S. The van der Waals surface area contributed by atoms with E-state index in [-0.39, 0.29) is 0 Å². The van der Waals surface area contributed by atoms with Crippen molar-refractivity contribution in [1.29, 1.82) is 0 Å². The summed E-state index contributed by atoms with van der Waals surface area (Å²) in [5.41, 5.74) is 2.16. The van der Waals surface area contributed by atoms with Crippen LogP contribution in [-0.4, -0.2) is 16.5 Å². The number of hydrogen-bond acceptors (Lipinski definition) is 4. The quantitative estimate of drug-likeness (QED) is 0.771. The minimum atomic E-state index is 0.738. The van der Waals surface area contributed by atoms with Gasteiger partial charge in [0, 0.05) is 27.7 Å². The summed E-state index contributed by atoms with van der Waals surface area (Å²) in [6, 6.07) is 7.85. The van der Waals surface area contributed by atoms with Crippen molar-refractivity contribution in [3.8, 4) is 0 Å². The molecule has 0 bridgehead atoms. The van der Waals surface area contributed by atoms with Gasteiger partial charge in [0.1, 0.15) is 11.6 Å². The molecule has 0 spiro atoms. The number of anilines is 1. The molecule has 0 aliphatic rings. The lowest BCUT2D eigenvalue weighted by Gasteiger charge is -2.11. The Morgan fingerprint density at radius 1 is 1.24 bits per heavy atom. The van der Waals surface area contributed by atoms with E-state index in [2.05, 4.69) is 29.1 Å². The third kappa shape index (κ3) is 4.61. The standard InChI is InChI=1S/C16H20ClN3S/c1-4-8-18-16-11(2)12(3)19-15(20-16)10-21-14-7-5-6-13(17)9-14/h5-7,9H,4,8,10H2,1-3H3,(H,18,19,20). The summed E-state index contributed by atoms with van der Waals surface area (Å²) < 4.78 is 0. The minimum absolute atomic E-state index is 0.738. The highest BCUT2D eigenvalue weighted by Gasteiger charge is 2.08. The zero-order valence-corrected chi connectivity index (χ0v) is 14.2. The van der Waals surface area contributed by atoms with Crippen molar-refractivity contribution in [3.63, 3.8) is 0 Å². The Morgan fingerprint density at radius 2 is 2.05 bits per heavy atom. The van der Waals surface area contributed by atoms with E-state index in [0.717, 1.165) is 51.5 Å². The monoisotopic (exact) mass is 321 g/mol. The maximum Gasteiger partial charge on any atom is 0.141 e. The fourth-order valence-electron chi connectivity index (χ4n) is 1.87. The van der Waals surface area contributed by atoms with E-state index in [1.807, 2.05) is 31.2 Å². The number of halogens is 1. The average Bonchev–Trinajstić information content (AvgIpc) is 2.47. The number of nitrogens with zero attached hydrogens (tertiary/aromatic N) is 2. The van der Waals surface area contributed by atoms with Gasteiger partial charge < -0.3 is 5.32 Å². The summed E-state index contributed by atoms with van der Waals surface area (Å²) in [5, 5.41) is 4.13. The van der Waals surface area contributed by atoms with Crippen LogP contribution < -0.4 is 5.32 Å². The topological polar surface area (TPSA) is 37.8 Å². The molecule has 5 heteroatoms. The molecule has 3 nitrogen and oxygen atoms in total. The number of benzene rings is 1. The second-order valence-corrected chi connectivity index (χ2v) is 6.36. The molecule has 0 unspecified atom stereocenters. The van der Waals surface area contributed by atoms with Crippen LogP contribution in [0, 0.1) is 13.8 Å². The molecule has 2 aromatic rings. The van der Waals surface area contributed by atoms with Crippen LogP contribution in [-0.2, 0) is 5.75 Å². The lowest BCUT2D eigenvalue weighted by Crippen LogP contribution is -2.08. The van der Waals surface area contributed by atoms with Gasteiger partial charge in [-0.1, -0.05) is 24.6 Å². The van der Waals surface area contributed by atoms with Crippen LogP contribution in [0.1, 0.15) is 30.4 Å². The molecule has 0 aliphatic carbocycles. The van der Waals surface area contributed by atoms with Crippen LogP contribution in [0.25, 0.3) is 0 Å². The fraction of sp³-hybridized carbons (Fsp3) is 0.375. The Bertz CT molecular complexity index is 616. The zero-order chi connectivity index (χ0) is 15.2. The number of aryl methyl sites for hydroxylation is 1. The van der Waals surface area contributed by atoms with E-state index < -0.39 is 0 Å². The van der Waals surface area contributed by atoms with E-state index in [1.165, 1.54) is 0 Å². The van der Waals surface area contributed by atoms with Crippen LogP contribution in [0.15, 0.2) is 29.2 Å². The van der Waals surface area contributed by atoms with Gasteiger partial charge in [-0.15, -0.1) is 11.8 Å². The molecule has 1 N–H and O–H groups in total. The first kappa shape index (κ1) is 16.1. The lowest BCUT2D eigenvalue weighted by atomic mass is 10.2. The Balaban J connectivity index is 2.11. The van der Waals surface area contributed by atoms with Crippen LogP contribution in [0.4, 0.5) is 5.82 Å². The van der Waals surface area contributed by atoms with Crippen LogP contribution in [0.3, 0.4) is 0 Å². The first-order valence-electron chi connectivity index (χ1n) is 7.06. The van der Waals surface area contributed by atoms with Crippen molar-refractivity contribution < 1.29 is 0 Å². The molecule has 0 amide bonds. The predicted octanol–water partition coefficient (Wildman–Crippen LogP) is 4.86. The average molecular weight is 322 g/mol. The molecule has 0 atom stereocenters. The summed E-state index contributed by atoms with van der Waals surface area (Å²) in [6.07, 6.45) is 1.08. The first-order chi connectivity index (χ1) is 10.1. The summed E-state index contributed by atoms with van der Waals surface area (Å²) in [5.74, 6) is 2.54. The van der Waals surface area contributed by atoms with Crippen molar-refractivity contribution in [1.82, 2.24) is 9.97 Å². The Hall–Kier alpha value is -1.26. The van der Waals surface area contributed by atoms with Gasteiger partial charge >= 0.3 is 0 Å². The number of nitrogens with one attached hydrogen (secondary N) is 1. The van der Waals surface area contributed by atoms with Gasteiger partial charge in [-0.3, -0.25) is 0 Å². The molecule has 0 saturated heterocycles.